The van der Waals surface area contributed by atoms with E-state index in [0.29, 0.717) is 0 Å². The molecular formula is C14H13F4NO3. The van der Waals surface area contributed by atoms with Crippen molar-refractivity contribution in [3.63, 3.8) is 0 Å². The van der Waals surface area contributed by atoms with Gasteiger partial charge in [0.15, 0.2) is 5.78 Å². The molecule has 2 rings (SSSR count). The van der Waals surface area contributed by atoms with Crippen LogP contribution in [0.1, 0.15) is 29.6 Å². The molecule has 1 aliphatic rings. The maximum atomic E-state index is 14.0. The molecule has 0 bridgehead atoms. The van der Waals surface area contributed by atoms with E-state index in [0.717, 1.165) is 17.0 Å². The van der Waals surface area contributed by atoms with E-state index in [9.17, 15) is 27.2 Å². The third kappa shape index (κ3) is 3.55. The minimum absolute atomic E-state index is 0.187. The summed E-state index contributed by atoms with van der Waals surface area (Å²) in [6.07, 6.45) is -1.34. The average molecular weight is 319 g/mol. The molecule has 1 fully saturated rings. The Balaban J connectivity index is 2.22. The number of carboxylic acid groups (broad SMARTS) is 1. The van der Waals surface area contributed by atoms with Crippen LogP contribution in [0.3, 0.4) is 0 Å². The molecule has 0 atom stereocenters. The second-order valence-electron chi connectivity index (χ2n) is 5.13. The SMILES string of the molecule is O=C(O)CCC(=O)c1cc(F)c(N2CCC(F)(F)C2)c(F)c1. The monoisotopic (exact) mass is 319 g/mol. The smallest absolute Gasteiger partial charge is 0.303 e. The first-order valence-corrected chi connectivity index (χ1v) is 6.56. The third-order valence-corrected chi connectivity index (χ3v) is 3.39. The summed E-state index contributed by atoms with van der Waals surface area (Å²) in [5, 5.41) is 8.48. The van der Waals surface area contributed by atoms with Crippen LogP contribution in [0, 0.1) is 11.6 Å². The Morgan fingerprint density at radius 1 is 1.18 bits per heavy atom. The molecule has 4 nitrogen and oxygen atoms in total. The summed E-state index contributed by atoms with van der Waals surface area (Å²) in [7, 11) is 0. The summed E-state index contributed by atoms with van der Waals surface area (Å²) in [6.45, 7) is -0.972. The van der Waals surface area contributed by atoms with Crippen LogP contribution in [-0.4, -0.2) is 35.9 Å². The Labute approximate surface area is 123 Å². The van der Waals surface area contributed by atoms with Crippen molar-refractivity contribution in [2.24, 2.45) is 0 Å². The van der Waals surface area contributed by atoms with Crippen LogP contribution < -0.4 is 4.90 Å². The second-order valence-corrected chi connectivity index (χ2v) is 5.13. The standard InChI is InChI=1S/C14H13F4NO3/c15-9-5-8(11(20)1-2-12(21)22)6-10(16)13(9)19-4-3-14(17,18)7-19/h5-6H,1-4,7H2,(H,21,22). The molecule has 0 unspecified atom stereocenters. The Morgan fingerprint density at radius 2 is 1.77 bits per heavy atom. The van der Waals surface area contributed by atoms with Crippen LogP contribution in [0.15, 0.2) is 12.1 Å². The van der Waals surface area contributed by atoms with Crippen LogP contribution in [0.25, 0.3) is 0 Å². The van der Waals surface area contributed by atoms with Gasteiger partial charge in [0, 0.05) is 24.9 Å². The first kappa shape index (κ1) is 16.3. The van der Waals surface area contributed by atoms with Crippen LogP contribution in [-0.2, 0) is 4.79 Å². The molecule has 0 saturated carbocycles. The van der Waals surface area contributed by atoms with E-state index in [1.807, 2.05) is 0 Å². The fourth-order valence-electron chi connectivity index (χ4n) is 2.32. The highest BCUT2D eigenvalue weighted by atomic mass is 19.3. The number of nitrogens with zero attached hydrogens (tertiary/aromatic N) is 1. The Kier molecular flexibility index (Phi) is 4.39. The van der Waals surface area contributed by atoms with Crippen LogP contribution in [0.4, 0.5) is 23.2 Å². The molecule has 0 aromatic heterocycles. The number of rotatable bonds is 5. The molecule has 1 heterocycles. The lowest BCUT2D eigenvalue weighted by atomic mass is 10.1. The number of halogens is 4. The van der Waals surface area contributed by atoms with Gasteiger partial charge < -0.3 is 10.0 Å². The van der Waals surface area contributed by atoms with Gasteiger partial charge in [0.05, 0.1) is 13.0 Å². The van der Waals surface area contributed by atoms with Crippen molar-refractivity contribution in [2.45, 2.75) is 25.2 Å². The van der Waals surface area contributed by atoms with E-state index in [4.69, 9.17) is 5.11 Å². The first-order valence-electron chi connectivity index (χ1n) is 6.56. The van der Waals surface area contributed by atoms with Crippen molar-refractivity contribution in [1.29, 1.82) is 0 Å². The Hall–Kier alpha value is -2.12. The van der Waals surface area contributed by atoms with Gasteiger partial charge in [-0.3, -0.25) is 9.59 Å². The van der Waals surface area contributed by atoms with Crippen LogP contribution in [0.2, 0.25) is 0 Å². The fourth-order valence-corrected chi connectivity index (χ4v) is 2.32. The van der Waals surface area contributed by atoms with Crippen LogP contribution >= 0.6 is 0 Å². The van der Waals surface area contributed by atoms with Crippen molar-refractivity contribution in [1.82, 2.24) is 0 Å². The highest BCUT2D eigenvalue weighted by molar-refractivity contribution is 5.97. The molecule has 0 amide bonds. The van der Waals surface area contributed by atoms with E-state index >= 15 is 0 Å². The maximum Gasteiger partial charge on any atom is 0.303 e. The number of hydrogen-bond donors (Lipinski definition) is 1. The van der Waals surface area contributed by atoms with Crippen molar-refractivity contribution in [3.8, 4) is 0 Å². The zero-order chi connectivity index (χ0) is 16.5. The molecule has 1 aromatic carbocycles. The fraction of sp³-hybridized carbons (Fsp3) is 0.429. The number of aliphatic carboxylic acids is 1. The number of anilines is 1. The summed E-state index contributed by atoms with van der Waals surface area (Å²) < 4.78 is 54.2. The number of ketones is 1. The van der Waals surface area contributed by atoms with Gasteiger partial charge in [-0.05, 0) is 12.1 Å². The van der Waals surface area contributed by atoms with Gasteiger partial charge in [-0.1, -0.05) is 0 Å². The van der Waals surface area contributed by atoms with Crippen molar-refractivity contribution < 1.29 is 32.3 Å². The largest absolute Gasteiger partial charge is 0.481 e. The number of alkyl halides is 2. The molecule has 120 valence electrons. The van der Waals surface area contributed by atoms with Gasteiger partial charge in [0.1, 0.15) is 17.3 Å². The lowest BCUT2D eigenvalue weighted by Gasteiger charge is -2.20. The summed E-state index contributed by atoms with van der Waals surface area (Å²) in [4.78, 5) is 22.9. The summed E-state index contributed by atoms with van der Waals surface area (Å²) in [5.74, 6) is -7.16. The average Bonchev–Trinajstić information content (AvgIpc) is 2.75. The van der Waals surface area contributed by atoms with Gasteiger partial charge in [-0.25, -0.2) is 17.6 Å². The van der Waals surface area contributed by atoms with Gasteiger partial charge in [0.2, 0.25) is 0 Å². The van der Waals surface area contributed by atoms with E-state index in [2.05, 4.69) is 0 Å². The number of carbonyl (C=O) groups is 2. The highest BCUT2D eigenvalue weighted by Gasteiger charge is 2.40. The molecule has 1 aliphatic heterocycles. The second kappa shape index (κ2) is 5.94. The number of benzene rings is 1. The van der Waals surface area contributed by atoms with Crippen molar-refractivity contribution >= 4 is 17.4 Å². The van der Waals surface area contributed by atoms with Gasteiger partial charge in [-0.15, -0.1) is 0 Å². The molecule has 22 heavy (non-hydrogen) atoms. The van der Waals surface area contributed by atoms with E-state index in [1.54, 1.807) is 0 Å². The third-order valence-electron chi connectivity index (χ3n) is 3.39. The Bertz CT molecular complexity index is 595. The van der Waals surface area contributed by atoms with Gasteiger partial charge in [-0.2, -0.15) is 0 Å². The van der Waals surface area contributed by atoms with E-state index in [-0.39, 0.29) is 12.1 Å². The van der Waals surface area contributed by atoms with Crippen molar-refractivity contribution in [3.05, 3.63) is 29.3 Å². The normalized spacial score (nSPS) is 16.8. The van der Waals surface area contributed by atoms with Gasteiger partial charge >= 0.3 is 5.97 Å². The molecule has 0 aliphatic carbocycles. The molecule has 8 heteroatoms. The van der Waals surface area contributed by atoms with Crippen LogP contribution in [0.5, 0.6) is 0 Å². The quantitative estimate of drug-likeness (QED) is 0.670. The summed E-state index contributed by atoms with van der Waals surface area (Å²) in [5.41, 5.74) is -0.905. The number of hydrogen-bond acceptors (Lipinski definition) is 3. The number of carbonyl (C=O) groups excluding carboxylic acids is 1. The summed E-state index contributed by atoms with van der Waals surface area (Å²) in [6, 6.07) is 1.50. The predicted octanol–water partition coefficient (Wildman–Crippen LogP) is 2.86. The highest BCUT2D eigenvalue weighted by Crippen LogP contribution is 2.34. The maximum absolute atomic E-state index is 14.0. The number of carboxylic acids is 1. The lowest BCUT2D eigenvalue weighted by molar-refractivity contribution is -0.136. The van der Waals surface area contributed by atoms with Gasteiger partial charge in [0.25, 0.3) is 5.92 Å². The molecule has 1 saturated heterocycles. The summed E-state index contributed by atoms with van der Waals surface area (Å²) >= 11 is 0. The number of Topliss-reactive ketones (excluding diaryl/α,β-unsaturated/α-hetero) is 1. The minimum atomic E-state index is -3.01. The molecule has 0 spiro atoms. The lowest BCUT2D eigenvalue weighted by Crippen LogP contribution is -2.26. The molecule has 1 aromatic rings. The van der Waals surface area contributed by atoms with E-state index < -0.39 is 60.8 Å². The van der Waals surface area contributed by atoms with E-state index in [1.165, 1.54) is 0 Å². The Morgan fingerprint density at radius 3 is 2.23 bits per heavy atom. The molecular weight excluding hydrogens is 306 g/mol. The minimum Gasteiger partial charge on any atom is -0.481 e. The zero-order valence-electron chi connectivity index (χ0n) is 11.4. The first-order chi connectivity index (χ1) is 10.2. The topological polar surface area (TPSA) is 57.6 Å². The predicted molar refractivity (Wildman–Crippen MR) is 69.3 cm³/mol. The van der Waals surface area contributed by atoms with Crippen molar-refractivity contribution in [2.75, 3.05) is 18.0 Å². The molecule has 1 N–H and O–H groups in total. The molecule has 0 radical (unpaired) electrons. The zero-order valence-corrected chi connectivity index (χ0v) is 11.4.